The Bertz CT molecular complexity index is 692. The largest absolute Gasteiger partial charge is 0.495 e. The fourth-order valence-electron chi connectivity index (χ4n) is 1.63. The molecule has 0 aliphatic heterocycles. The van der Waals surface area contributed by atoms with E-state index < -0.39 is 5.97 Å². The van der Waals surface area contributed by atoms with Crippen molar-refractivity contribution in [1.82, 2.24) is 4.98 Å². The molecule has 100 valence electrons. The fourth-order valence-corrected chi connectivity index (χ4v) is 1.63. The normalized spacial score (nSPS) is 9.60. The van der Waals surface area contributed by atoms with Gasteiger partial charge in [0, 0.05) is 6.07 Å². The lowest BCUT2D eigenvalue weighted by molar-refractivity contribution is 0.0690. The van der Waals surface area contributed by atoms with E-state index in [9.17, 15) is 4.79 Å². The first-order chi connectivity index (χ1) is 9.63. The number of nitrogens with one attached hydrogen (secondary N) is 1. The van der Waals surface area contributed by atoms with Crippen molar-refractivity contribution in [2.24, 2.45) is 0 Å². The van der Waals surface area contributed by atoms with Crippen LogP contribution >= 0.6 is 0 Å². The molecule has 1 aromatic carbocycles. The van der Waals surface area contributed by atoms with Crippen LogP contribution in [0.1, 0.15) is 16.1 Å². The molecule has 0 atom stereocenters. The van der Waals surface area contributed by atoms with Crippen molar-refractivity contribution in [3.63, 3.8) is 0 Å². The standard InChI is InChI=1S/C14H11N3O3/c1-20-12-7-9(8-15)5-6-10(12)16-13-4-2-3-11(17-13)14(18)19/h2-7H,1H3,(H,16,17)(H,18,19). The highest BCUT2D eigenvalue weighted by Gasteiger charge is 2.08. The minimum Gasteiger partial charge on any atom is -0.495 e. The van der Waals surface area contributed by atoms with Gasteiger partial charge in [0.15, 0.2) is 5.69 Å². The zero-order valence-electron chi connectivity index (χ0n) is 10.6. The maximum Gasteiger partial charge on any atom is 0.354 e. The van der Waals surface area contributed by atoms with E-state index in [1.54, 1.807) is 30.3 Å². The summed E-state index contributed by atoms with van der Waals surface area (Å²) in [5.41, 5.74) is 1.02. The van der Waals surface area contributed by atoms with Crippen LogP contribution < -0.4 is 10.1 Å². The zero-order chi connectivity index (χ0) is 14.5. The second-order valence-corrected chi connectivity index (χ2v) is 3.87. The molecule has 6 heteroatoms. The maximum atomic E-state index is 10.9. The Morgan fingerprint density at radius 1 is 1.40 bits per heavy atom. The van der Waals surface area contributed by atoms with Gasteiger partial charge in [0.1, 0.15) is 11.6 Å². The minimum atomic E-state index is -1.10. The van der Waals surface area contributed by atoms with Crippen molar-refractivity contribution in [1.29, 1.82) is 5.26 Å². The number of rotatable bonds is 4. The molecule has 0 unspecified atom stereocenters. The van der Waals surface area contributed by atoms with E-state index in [-0.39, 0.29) is 5.69 Å². The molecule has 1 aromatic heterocycles. The van der Waals surface area contributed by atoms with E-state index >= 15 is 0 Å². The molecule has 2 aromatic rings. The number of nitriles is 1. The van der Waals surface area contributed by atoms with E-state index in [0.29, 0.717) is 22.8 Å². The number of carboxylic acids is 1. The molecule has 0 aliphatic rings. The van der Waals surface area contributed by atoms with Crippen LogP contribution in [0.15, 0.2) is 36.4 Å². The van der Waals surface area contributed by atoms with Crippen LogP contribution in [-0.2, 0) is 0 Å². The van der Waals surface area contributed by atoms with E-state index in [1.807, 2.05) is 6.07 Å². The summed E-state index contributed by atoms with van der Waals surface area (Å²) in [6.45, 7) is 0. The van der Waals surface area contributed by atoms with Gasteiger partial charge in [0.25, 0.3) is 0 Å². The van der Waals surface area contributed by atoms with Crippen molar-refractivity contribution >= 4 is 17.5 Å². The number of methoxy groups -OCH3 is 1. The first-order valence-electron chi connectivity index (χ1n) is 5.69. The lowest BCUT2D eigenvalue weighted by Crippen LogP contribution is -2.03. The van der Waals surface area contributed by atoms with Crippen molar-refractivity contribution in [2.75, 3.05) is 12.4 Å². The average Bonchev–Trinajstić information content (AvgIpc) is 2.48. The zero-order valence-corrected chi connectivity index (χ0v) is 10.6. The van der Waals surface area contributed by atoms with Gasteiger partial charge in [0.05, 0.1) is 24.4 Å². The summed E-state index contributed by atoms with van der Waals surface area (Å²) in [5.74, 6) is -0.236. The summed E-state index contributed by atoms with van der Waals surface area (Å²) in [5, 5.41) is 20.7. The number of carbonyl (C=O) groups is 1. The number of aromatic nitrogens is 1. The first-order valence-corrected chi connectivity index (χ1v) is 5.69. The van der Waals surface area contributed by atoms with Crippen LogP contribution in [-0.4, -0.2) is 23.2 Å². The number of anilines is 2. The van der Waals surface area contributed by atoms with Gasteiger partial charge in [-0.25, -0.2) is 9.78 Å². The smallest absolute Gasteiger partial charge is 0.354 e. The number of pyridine rings is 1. The van der Waals surface area contributed by atoms with Gasteiger partial charge >= 0.3 is 5.97 Å². The second kappa shape index (κ2) is 5.71. The Morgan fingerprint density at radius 2 is 2.20 bits per heavy atom. The number of benzene rings is 1. The third-order valence-corrected chi connectivity index (χ3v) is 2.56. The SMILES string of the molecule is COc1cc(C#N)ccc1Nc1cccc(C(=O)O)n1. The van der Waals surface area contributed by atoms with Gasteiger partial charge in [-0.3, -0.25) is 0 Å². The number of hydrogen-bond donors (Lipinski definition) is 2. The predicted octanol–water partition coefficient (Wildman–Crippen LogP) is 2.40. The van der Waals surface area contributed by atoms with Gasteiger partial charge in [-0.15, -0.1) is 0 Å². The Balaban J connectivity index is 2.32. The molecule has 0 aliphatic carbocycles. The molecular weight excluding hydrogens is 258 g/mol. The third-order valence-electron chi connectivity index (χ3n) is 2.56. The number of hydrogen-bond acceptors (Lipinski definition) is 5. The van der Waals surface area contributed by atoms with Crippen LogP contribution in [0.3, 0.4) is 0 Å². The van der Waals surface area contributed by atoms with Crippen molar-refractivity contribution in [2.45, 2.75) is 0 Å². The fraction of sp³-hybridized carbons (Fsp3) is 0.0714. The van der Waals surface area contributed by atoms with Crippen LogP contribution in [0.4, 0.5) is 11.5 Å². The summed E-state index contributed by atoms with van der Waals surface area (Å²) < 4.78 is 5.18. The van der Waals surface area contributed by atoms with Gasteiger partial charge in [-0.1, -0.05) is 6.07 Å². The molecule has 1 heterocycles. The van der Waals surface area contributed by atoms with Gasteiger partial charge in [0.2, 0.25) is 0 Å². The van der Waals surface area contributed by atoms with Crippen LogP contribution in [0, 0.1) is 11.3 Å². The maximum absolute atomic E-state index is 10.9. The number of aromatic carboxylic acids is 1. The highest BCUT2D eigenvalue weighted by Crippen LogP contribution is 2.27. The first kappa shape index (κ1) is 13.4. The highest BCUT2D eigenvalue weighted by atomic mass is 16.5. The summed E-state index contributed by atoms with van der Waals surface area (Å²) in [7, 11) is 1.49. The molecule has 0 bridgehead atoms. The lowest BCUT2D eigenvalue weighted by Gasteiger charge is -2.11. The Labute approximate surface area is 115 Å². The number of nitrogens with zero attached hydrogens (tertiary/aromatic N) is 2. The Morgan fingerprint density at radius 3 is 2.85 bits per heavy atom. The van der Waals surface area contributed by atoms with E-state index in [0.717, 1.165) is 0 Å². The van der Waals surface area contributed by atoms with Crippen molar-refractivity contribution in [3.05, 3.63) is 47.7 Å². The van der Waals surface area contributed by atoms with Crippen LogP contribution in [0.25, 0.3) is 0 Å². The summed E-state index contributed by atoms with van der Waals surface area (Å²) in [6, 6.07) is 11.5. The number of carboxylic acid groups (broad SMARTS) is 1. The molecule has 0 saturated carbocycles. The molecule has 0 fully saturated rings. The minimum absolute atomic E-state index is 0.0531. The molecule has 0 saturated heterocycles. The van der Waals surface area contributed by atoms with Gasteiger partial charge in [-0.05, 0) is 24.3 Å². The molecule has 0 radical (unpaired) electrons. The molecule has 2 N–H and O–H groups in total. The second-order valence-electron chi connectivity index (χ2n) is 3.87. The molecule has 6 nitrogen and oxygen atoms in total. The Hall–Kier alpha value is -3.07. The number of ether oxygens (including phenoxy) is 1. The average molecular weight is 269 g/mol. The summed E-state index contributed by atoms with van der Waals surface area (Å²) >= 11 is 0. The molecular formula is C14H11N3O3. The topological polar surface area (TPSA) is 95.2 Å². The van der Waals surface area contributed by atoms with Crippen molar-refractivity contribution in [3.8, 4) is 11.8 Å². The summed E-state index contributed by atoms with van der Waals surface area (Å²) in [4.78, 5) is 14.8. The van der Waals surface area contributed by atoms with Crippen molar-refractivity contribution < 1.29 is 14.6 Å². The quantitative estimate of drug-likeness (QED) is 0.884. The highest BCUT2D eigenvalue weighted by molar-refractivity contribution is 5.86. The lowest BCUT2D eigenvalue weighted by atomic mass is 10.2. The van der Waals surface area contributed by atoms with Gasteiger partial charge < -0.3 is 15.2 Å². The summed E-state index contributed by atoms with van der Waals surface area (Å²) in [6.07, 6.45) is 0. The van der Waals surface area contributed by atoms with E-state index in [4.69, 9.17) is 15.1 Å². The van der Waals surface area contributed by atoms with E-state index in [2.05, 4.69) is 10.3 Å². The molecule has 0 amide bonds. The van der Waals surface area contributed by atoms with Crippen LogP contribution in [0.5, 0.6) is 5.75 Å². The molecule has 0 spiro atoms. The Kier molecular flexibility index (Phi) is 3.82. The predicted molar refractivity (Wildman–Crippen MR) is 72.2 cm³/mol. The van der Waals surface area contributed by atoms with E-state index in [1.165, 1.54) is 13.2 Å². The molecule has 20 heavy (non-hydrogen) atoms. The monoisotopic (exact) mass is 269 g/mol. The van der Waals surface area contributed by atoms with Crippen LogP contribution in [0.2, 0.25) is 0 Å². The van der Waals surface area contributed by atoms with Gasteiger partial charge in [-0.2, -0.15) is 5.26 Å². The third kappa shape index (κ3) is 2.84. The molecule has 2 rings (SSSR count).